The Labute approximate surface area is 157 Å². The van der Waals surface area contributed by atoms with Gasteiger partial charge in [0, 0.05) is 18.9 Å². The van der Waals surface area contributed by atoms with E-state index >= 15 is 0 Å². The number of aromatic nitrogens is 2. The van der Waals surface area contributed by atoms with E-state index in [4.69, 9.17) is 9.47 Å². The summed E-state index contributed by atoms with van der Waals surface area (Å²) in [4.78, 5) is 9.05. The molecule has 0 saturated carbocycles. The normalized spacial score (nSPS) is 11.8. The molecule has 0 saturated heterocycles. The van der Waals surface area contributed by atoms with Crippen LogP contribution in [0.15, 0.2) is 30.5 Å². The van der Waals surface area contributed by atoms with Crippen LogP contribution in [-0.4, -0.2) is 29.7 Å². The first kappa shape index (κ1) is 20.8. The van der Waals surface area contributed by atoms with Crippen LogP contribution in [0.4, 0.5) is 24.7 Å². The average Bonchev–Trinajstić information content (AvgIpc) is 2.58. The molecular formula is C19H24F3N3O2. The first-order valence-corrected chi connectivity index (χ1v) is 8.65. The van der Waals surface area contributed by atoms with Gasteiger partial charge in [-0.1, -0.05) is 13.8 Å². The van der Waals surface area contributed by atoms with Crippen molar-refractivity contribution >= 4 is 11.5 Å². The molecule has 0 N–H and O–H groups in total. The van der Waals surface area contributed by atoms with E-state index in [1.54, 1.807) is 24.3 Å². The molecule has 0 spiro atoms. The summed E-state index contributed by atoms with van der Waals surface area (Å²) in [5, 5.41) is 0. The van der Waals surface area contributed by atoms with Crippen molar-refractivity contribution in [1.29, 1.82) is 0 Å². The Bertz CT molecular complexity index is 747. The van der Waals surface area contributed by atoms with Crippen molar-refractivity contribution in [3.8, 4) is 11.8 Å². The van der Waals surface area contributed by atoms with Crippen LogP contribution in [0.5, 0.6) is 11.8 Å². The van der Waals surface area contributed by atoms with Crippen molar-refractivity contribution in [2.24, 2.45) is 5.92 Å². The minimum absolute atomic E-state index is 0.00735. The number of ether oxygens (including phenoxy) is 2. The number of rotatable bonds is 7. The van der Waals surface area contributed by atoms with Gasteiger partial charge in [-0.3, -0.25) is 0 Å². The first-order valence-electron chi connectivity index (χ1n) is 8.65. The summed E-state index contributed by atoms with van der Waals surface area (Å²) in [5.41, 5.74) is -0.394. The van der Waals surface area contributed by atoms with E-state index in [0.29, 0.717) is 18.0 Å². The van der Waals surface area contributed by atoms with Crippen LogP contribution >= 0.6 is 0 Å². The Morgan fingerprint density at radius 1 is 1.07 bits per heavy atom. The Morgan fingerprint density at radius 2 is 1.70 bits per heavy atom. The molecular weight excluding hydrogens is 359 g/mol. The lowest BCUT2D eigenvalue weighted by Gasteiger charge is -2.23. The molecule has 0 aliphatic heterocycles. The zero-order chi connectivity index (χ0) is 20.2. The van der Waals surface area contributed by atoms with Gasteiger partial charge >= 0.3 is 12.2 Å². The number of benzene rings is 1. The molecule has 0 bridgehead atoms. The van der Waals surface area contributed by atoms with Gasteiger partial charge < -0.3 is 14.4 Å². The summed E-state index contributed by atoms with van der Waals surface area (Å²) in [7, 11) is 1.52. The highest BCUT2D eigenvalue weighted by Crippen LogP contribution is 2.38. The molecule has 1 heterocycles. The summed E-state index contributed by atoms with van der Waals surface area (Å²) in [5.74, 6) is 0.571. The lowest BCUT2D eigenvalue weighted by Crippen LogP contribution is -2.20. The monoisotopic (exact) mass is 383 g/mol. The van der Waals surface area contributed by atoms with Crippen LogP contribution < -0.4 is 14.4 Å². The number of halogens is 3. The Balaban J connectivity index is 2.36. The SMILES string of the molecule is CC(C)COc1ncc(C(F)(F)F)c(N(C)c2ccc(OC(C)C)cc2)n1. The standard InChI is InChI=1S/C19H24F3N3O2/c1-12(2)11-26-18-23-10-16(19(20,21)22)17(24-18)25(5)14-6-8-15(9-7-14)27-13(3)4/h6-10,12-13H,11H2,1-5H3. The summed E-state index contributed by atoms with van der Waals surface area (Å²) in [6.07, 6.45) is -3.82. The van der Waals surface area contributed by atoms with Gasteiger partial charge in [-0.05, 0) is 44.0 Å². The van der Waals surface area contributed by atoms with Gasteiger partial charge in [0.1, 0.15) is 11.3 Å². The predicted octanol–water partition coefficient (Wildman–Crippen LogP) is 5.09. The van der Waals surface area contributed by atoms with Gasteiger partial charge in [-0.2, -0.15) is 18.2 Å². The van der Waals surface area contributed by atoms with Gasteiger partial charge in [0.2, 0.25) is 0 Å². The van der Waals surface area contributed by atoms with E-state index in [1.807, 2.05) is 27.7 Å². The number of hydrogen-bond donors (Lipinski definition) is 0. The fourth-order valence-corrected chi connectivity index (χ4v) is 2.27. The topological polar surface area (TPSA) is 47.5 Å². The largest absolute Gasteiger partial charge is 0.491 e. The van der Waals surface area contributed by atoms with Crippen LogP contribution in [-0.2, 0) is 6.18 Å². The van der Waals surface area contributed by atoms with E-state index in [1.165, 1.54) is 11.9 Å². The summed E-state index contributed by atoms with van der Waals surface area (Å²) < 4.78 is 51.2. The average molecular weight is 383 g/mol. The molecule has 0 aliphatic carbocycles. The highest BCUT2D eigenvalue weighted by Gasteiger charge is 2.36. The van der Waals surface area contributed by atoms with Crippen molar-refractivity contribution < 1.29 is 22.6 Å². The van der Waals surface area contributed by atoms with Crippen LogP contribution in [0, 0.1) is 5.92 Å². The third kappa shape index (κ3) is 5.74. The number of hydrogen-bond acceptors (Lipinski definition) is 5. The van der Waals surface area contributed by atoms with Crippen molar-refractivity contribution in [3.05, 3.63) is 36.0 Å². The maximum atomic E-state index is 13.4. The second-order valence-corrected chi connectivity index (χ2v) is 6.81. The zero-order valence-corrected chi connectivity index (χ0v) is 16.0. The smallest absolute Gasteiger partial charge is 0.421 e. The second kappa shape index (κ2) is 8.45. The highest BCUT2D eigenvalue weighted by atomic mass is 19.4. The number of nitrogens with zero attached hydrogens (tertiary/aromatic N) is 3. The molecule has 0 aliphatic rings. The molecule has 27 heavy (non-hydrogen) atoms. The van der Waals surface area contributed by atoms with Gasteiger partial charge in [-0.25, -0.2) is 4.98 Å². The van der Waals surface area contributed by atoms with Gasteiger partial charge in [-0.15, -0.1) is 0 Å². The van der Waals surface area contributed by atoms with E-state index in [9.17, 15) is 13.2 Å². The van der Waals surface area contributed by atoms with E-state index in [2.05, 4.69) is 9.97 Å². The third-order valence-corrected chi connectivity index (χ3v) is 3.51. The van der Waals surface area contributed by atoms with Crippen molar-refractivity contribution in [3.63, 3.8) is 0 Å². The Kier molecular flexibility index (Phi) is 6.51. The molecule has 148 valence electrons. The first-order chi connectivity index (χ1) is 12.6. The fourth-order valence-electron chi connectivity index (χ4n) is 2.27. The summed E-state index contributed by atoms with van der Waals surface area (Å²) in [6.45, 7) is 7.97. The molecule has 0 fully saturated rings. The van der Waals surface area contributed by atoms with Crippen LogP contribution in [0.3, 0.4) is 0 Å². The van der Waals surface area contributed by atoms with Gasteiger partial charge in [0.15, 0.2) is 5.82 Å². The van der Waals surface area contributed by atoms with E-state index < -0.39 is 11.7 Å². The predicted molar refractivity (Wildman–Crippen MR) is 97.6 cm³/mol. The van der Waals surface area contributed by atoms with Crippen LogP contribution in [0.2, 0.25) is 0 Å². The minimum atomic E-state index is -4.58. The number of anilines is 2. The third-order valence-electron chi connectivity index (χ3n) is 3.51. The molecule has 2 aromatic rings. The number of alkyl halides is 3. The molecule has 0 atom stereocenters. The fraction of sp³-hybridized carbons (Fsp3) is 0.474. The van der Waals surface area contributed by atoms with Crippen LogP contribution in [0.1, 0.15) is 33.3 Å². The molecule has 1 aromatic heterocycles. The lowest BCUT2D eigenvalue weighted by molar-refractivity contribution is -0.137. The Morgan fingerprint density at radius 3 is 2.22 bits per heavy atom. The maximum Gasteiger partial charge on any atom is 0.421 e. The van der Waals surface area contributed by atoms with Crippen molar-refractivity contribution in [2.75, 3.05) is 18.6 Å². The maximum absolute atomic E-state index is 13.4. The molecule has 0 amide bonds. The molecule has 5 nitrogen and oxygen atoms in total. The molecule has 1 aromatic carbocycles. The van der Waals surface area contributed by atoms with Crippen LogP contribution in [0.25, 0.3) is 0 Å². The quantitative estimate of drug-likeness (QED) is 0.667. The summed E-state index contributed by atoms with van der Waals surface area (Å²) in [6, 6.07) is 6.68. The zero-order valence-electron chi connectivity index (χ0n) is 16.0. The van der Waals surface area contributed by atoms with Gasteiger partial charge in [0.25, 0.3) is 0 Å². The molecule has 2 rings (SSSR count). The van der Waals surface area contributed by atoms with Gasteiger partial charge in [0.05, 0.1) is 12.7 Å². The summed E-state index contributed by atoms with van der Waals surface area (Å²) >= 11 is 0. The molecule has 0 unspecified atom stereocenters. The molecule has 0 radical (unpaired) electrons. The van der Waals surface area contributed by atoms with E-state index in [0.717, 1.165) is 6.20 Å². The lowest BCUT2D eigenvalue weighted by atomic mass is 10.2. The van der Waals surface area contributed by atoms with Crippen molar-refractivity contribution in [1.82, 2.24) is 9.97 Å². The minimum Gasteiger partial charge on any atom is -0.491 e. The highest BCUT2D eigenvalue weighted by molar-refractivity contribution is 5.63. The van der Waals surface area contributed by atoms with Crippen molar-refractivity contribution in [2.45, 2.75) is 40.0 Å². The molecule has 8 heteroatoms. The van der Waals surface area contributed by atoms with E-state index in [-0.39, 0.29) is 23.9 Å². The Hall–Kier alpha value is -2.51. The second-order valence-electron chi connectivity index (χ2n) is 6.81.